The topological polar surface area (TPSA) is 59.8 Å². The lowest BCUT2D eigenvalue weighted by atomic mass is 10.1. The fourth-order valence-corrected chi connectivity index (χ4v) is 4.35. The third-order valence-electron chi connectivity index (χ3n) is 4.07. The molecule has 1 aromatic carbocycles. The highest BCUT2D eigenvalue weighted by molar-refractivity contribution is 7.20. The third-order valence-corrected chi connectivity index (χ3v) is 6.00. The maximum absolute atomic E-state index is 12.2. The summed E-state index contributed by atoms with van der Waals surface area (Å²) < 4.78 is 1.82. The van der Waals surface area contributed by atoms with E-state index in [1.807, 2.05) is 52.0 Å². The second-order valence-electron chi connectivity index (χ2n) is 6.02. The van der Waals surface area contributed by atoms with Crippen LogP contribution in [0.3, 0.4) is 0 Å². The number of nitrogens with zero attached hydrogens (tertiary/aromatic N) is 3. The molecule has 136 valence electrons. The van der Waals surface area contributed by atoms with E-state index in [0.717, 1.165) is 27.7 Å². The van der Waals surface area contributed by atoms with Crippen LogP contribution in [0.4, 0.5) is 0 Å². The van der Waals surface area contributed by atoms with E-state index >= 15 is 0 Å². The molecule has 0 saturated carbocycles. The minimum atomic E-state index is 0.00573. The molecule has 0 radical (unpaired) electrons. The van der Waals surface area contributed by atoms with Crippen LogP contribution in [0.15, 0.2) is 65.6 Å². The molecule has 0 aliphatic heterocycles. The van der Waals surface area contributed by atoms with Gasteiger partial charge >= 0.3 is 0 Å². The number of carbonyl (C=O) groups excluding carboxylic acids is 1. The zero-order valence-electron chi connectivity index (χ0n) is 14.5. The van der Waals surface area contributed by atoms with Crippen LogP contribution in [0, 0.1) is 0 Å². The van der Waals surface area contributed by atoms with Gasteiger partial charge in [-0.25, -0.2) is 9.67 Å². The molecular weight excluding hydrogens is 376 g/mol. The van der Waals surface area contributed by atoms with E-state index in [1.165, 1.54) is 5.56 Å². The van der Waals surface area contributed by atoms with Gasteiger partial charge in [0.2, 0.25) is 5.91 Å². The number of nitrogens with one attached hydrogen (secondary N) is 1. The monoisotopic (exact) mass is 394 g/mol. The molecule has 4 aromatic rings. The van der Waals surface area contributed by atoms with Gasteiger partial charge in [-0.15, -0.1) is 22.7 Å². The van der Waals surface area contributed by atoms with Crippen LogP contribution in [0.5, 0.6) is 0 Å². The number of thiophene rings is 1. The Morgan fingerprint density at radius 1 is 1.11 bits per heavy atom. The van der Waals surface area contributed by atoms with Crippen molar-refractivity contribution in [3.8, 4) is 15.6 Å². The summed E-state index contributed by atoms with van der Waals surface area (Å²) in [5, 5.41) is 12.2. The van der Waals surface area contributed by atoms with Crippen molar-refractivity contribution >= 4 is 28.6 Å². The first-order valence-electron chi connectivity index (χ1n) is 8.62. The summed E-state index contributed by atoms with van der Waals surface area (Å²) >= 11 is 3.24. The van der Waals surface area contributed by atoms with Gasteiger partial charge in [0, 0.05) is 24.3 Å². The van der Waals surface area contributed by atoms with Crippen LogP contribution in [0.1, 0.15) is 11.3 Å². The van der Waals surface area contributed by atoms with Crippen LogP contribution in [-0.2, 0) is 17.6 Å². The lowest BCUT2D eigenvalue weighted by Crippen LogP contribution is -2.27. The van der Waals surface area contributed by atoms with Crippen LogP contribution < -0.4 is 5.32 Å². The van der Waals surface area contributed by atoms with Gasteiger partial charge in [0.15, 0.2) is 0 Å². The molecule has 0 atom stereocenters. The normalized spacial score (nSPS) is 10.8. The molecule has 0 aliphatic carbocycles. The van der Waals surface area contributed by atoms with E-state index in [4.69, 9.17) is 0 Å². The molecule has 0 spiro atoms. The molecule has 1 amide bonds. The molecule has 0 saturated heterocycles. The van der Waals surface area contributed by atoms with Crippen LogP contribution in [0.25, 0.3) is 15.6 Å². The van der Waals surface area contributed by atoms with E-state index in [2.05, 4.69) is 27.5 Å². The summed E-state index contributed by atoms with van der Waals surface area (Å²) in [5.41, 5.74) is 3.03. The zero-order valence-corrected chi connectivity index (χ0v) is 16.2. The Morgan fingerprint density at radius 3 is 2.74 bits per heavy atom. The molecular formula is C20H18N4OS2. The molecule has 5 nitrogen and oxygen atoms in total. The van der Waals surface area contributed by atoms with E-state index in [-0.39, 0.29) is 5.91 Å². The summed E-state index contributed by atoms with van der Waals surface area (Å²) in [4.78, 5) is 17.8. The Kier molecular flexibility index (Phi) is 5.41. The highest BCUT2D eigenvalue weighted by atomic mass is 32.1. The summed E-state index contributed by atoms with van der Waals surface area (Å²) in [7, 11) is 0. The standard InChI is InChI=1S/C20H18N4OS2/c25-19(13-16-14-27-20(23-16)18-3-1-12-26-18)21-10-8-15-4-6-17(7-5-15)24-11-2-9-22-24/h1-7,9,11-12,14H,8,10,13H2,(H,21,25). The molecule has 4 rings (SSSR count). The van der Waals surface area contributed by atoms with E-state index in [1.54, 1.807) is 28.9 Å². The predicted octanol–water partition coefficient (Wildman–Crippen LogP) is 3.96. The molecule has 27 heavy (non-hydrogen) atoms. The van der Waals surface area contributed by atoms with Crippen LogP contribution in [0.2, 0.25) is 0 Å². The first-order valence-corrected chi connectivity index (χ1v) is 10.4. The minimum Gasteiger partial charge on any atom is -0.355 e. The van der Waals surface area contributed by atoms with Gasteiger partial charge in [-0.05, 0) is 41.6 Å². The molecule has 0 bridgehead atoms. The SMILES string of the molecule is O=C(Cc1csc(-c2cccs2)n1)NCCc1ccc(-n2cccn2)cc1. The lowest BCUT2D eigenvalue weighted by molar-refractivity contribution is -0.120. The van der Waals surface area contributed by atoms with Crippen molar-refractivity contribution in [3.63, 3.8) is 0 Å². The molecule has 0 aliphatic rings. The quantitative estimate of drug-likeness (QED) is 0.516. The number of rotatable bonds is 7. The highest BCUT2D eigenvalue weighted by Crippen LogP contribution is 2.27. The zero-order chi connectivity index (χ0) is 18.5. The Hall–Kier alpha value is -2.77. The minimum absolute atomic E-state index is 0.00573. The van der Waals surface area contributed by atoms with Gasteiger partial charge in [0.1, 0.15) is 5.01 Å². The van der Waals surface area contributed by atoms with Crippen LogP contribution in [-0.4, -0.2) is 27.2 Å². The fourth-order valence-electron chi connectivity index (χ4n) is 2.71. The number of benzene rings is 1. The maximum atomic E-state index is 12.2. The van der Waals surface area contributed by atoms with Crippen molar-refractivity contribution in [3.05, 3.63) is 76.9 Å². The van der Waals surface area contributed by atoms with Crippen molar-refractivity contribution in [2.24, 2.45) is 0 Å². The van der Waals surface area contributed by atoms with Crippen molar-refractivity contribution in [2.75, 3.05) is 6.54 Å². The Balaban J connectivity index is 1.25. The van der Waals surface area contributed by atoms with E-state index in [0.29, 0.717) is 13.0 Å². The van der Waals surface area contributed by atoms with Gasteiger partial charge in [-0.1, -0.05) is 18.2 Å². The Bertz CT molecular complexity index is 989. The van der Waals surface area contributed by atoms with Gasteiger partial charge < -0.3 is 5.32 Å². The predicted molar refractivity (Wildman–Crippen MR) is 109 cm³/mol. The number of aromatic nitrogens is 3. The second-order valence-corrected chi connectivity index (χ2v) is 7.82. The number of amides is 1. The summed E-state index contributed by atoms with van der Waals surface area (Å²) in [6, 6.07) is 14.2. The number of hydrogen-bond acceptors (Lipinski definition) is 5. The largest absolute Gasteiger partial charge is 0.355 e. The molecule has 7 heteroatoms. The Morgan fingerprint density at radius 2 is 2.00 bits per heavy atom. The number of carbonyl (C=O) groups is 1. The number of hydrogen-bond donors (Lipinski definition) is 1. The third kappa shape index (κ3) is 4.50. The van der Waals surface area contributed by atoms with Gasteiger partial charge in [-0.3, -0.25) is 4.79 Å². The van der Waals surface area contributed by atoms with Gasteiger partial charge in [0.25, 0.3) is 0 Å². The smallest absolute Gasteiger partial charge is 0.226 e. The van der Waals surface area contributed by atoms with Crippen LogP contribution >= 0.6 is 22.7 Å². The van der Waals surface area contributed by atoms with Crippen molar-refractivity contribution < 1.29 is 4.79 Å². The van der Waals surface area contributed by atoms with Crippen molar-refractivity contribution in [1.29, 1.82) is 0 Å². The average Bonchev–Trinajstić information content (AvgIpc) is 3.44. The van der Waals surface area contributed by atoms with Gasteiger partial charge in [-0.2, -0.15) is 5.10 Å². The molecule has 3 heterocycles. The Labute approximate surface area is 165 Å². The lowest BCUT2D eigenvalue weighted by Gasteiger charge is -2.06. The van der Waals surface area contributed by atoms with E-state index < -0.39 is 0 Å². The summed E-state index contributed by atoms with van der Waals surface area (Å²) in [5.74, 6) is 0.00573. The second kappa shape index (κ2) is 8.28. The molecule has 0 unspecified atom stereocenters. The molecule has 1 N–H and O–H groups in total. The highest BCUT2D eigenvalue weighted by Gasteiger charge is 2.09. The summed E-state index contributed by atoms with van der Waals surface area (Å²) in [6.07, 6.45) is 4.79. The van der Waals surface area contributed by atoms with Crippen molar-refractivity contribution in [2.45, 2.75) is 12.8 Å². The molecule has 3 aromatic heterocycles. The summed E-state index contributed by atoms with van der Waals surface area (Å²) in [6.45, 7) is 0.613. The maximum Gasteiger partial charge on any atom is 0.226 e. The van der Waals surface area contributed by atoms with Gasteiger partial charge in [0.05, 0.1) is 22.7 Å². The van der Waals surface area contributed by atoms with Crippen molar-refractivity contribution in [1.82, 2.24) is 20.1 Å². The van der Waals surface area contributed by atoms with E-state index in [9.17, 15) is 4.79 Å². The first kappa shape index (κ1) is 17.6. The average molecular weight is 395 g/mol. The number of thiazole rings is 1. The fraction of sp³-hybridized carbons (Fsp3) is 0.150. The first-order chi connectivity index (χ1) is 13.3. The molecule has 0 fully saturated rings.